The molecule has 0 saturated heterocycles. The van der Waals surface area contributed by atoms with E-state index in [1.165, 1.54) is 16.8 Å². The molecule has 1 amide bonds. The molecule has 0 radical (unpaired) electrons. The number of hydrogen-bond donors (Lipinski definition) is 2. The van der Waals surface area contributed by atoms with E-state index in [2.05, 4.69) is 25.5 Å². The molecule has 0 unspecified atom stereocenters. The molecule has 10 heteroatoms. The van der Waals surface area contributed by atoms with Crippen molar-refractivity contribution >= 4 is 17.7 Å². The van der Waals surface area contributed by atoms with Crippen LogP contribution in [0.1, 0.15) is 5.56 Å². The number of nitrogens with zero attached hydrogens (tertiary/aromatic N) is 6. The van der Waals surface area contributed by atoms with E-state index in [0.717, 1.165) is 11.1 Å². The van der Waals surface area contributed by atoms with E-state index in [0.29, 0.717) is 18.1 Å². The van der Waals surface area contributed by atoms with Gasteiger partial charge in [0, 0.05) is 24.0 Å². The Morgan fingerprint density at radius 2 is 2.07 bits per heavy atom. The molecule has 0 aliphatic heterocycles. The predicted octanol–water partition coefficient (Wildman–Crippen LogP) is 1.94. The van der Waals surface area contributed by atoms with Crippen LogP contribution in [0.5, 0.6) is 0 Å². The third-order valence-electron chi connectivity index (χ3n) is 4.11. The molecule has 29 heavy (non-hydrogen) atoms. The van der Waals surface area contributed by atoms with Crippen LogP contribution in [0.25, 0.3) is 11.3 Å². The SMILES string of the molecule is Nc1nccc(-c2cnn(CC(=O)Nc3ccnn3Cc3cccc(F)c3)c2)n1. The second-order valence-electron chi connectivity index (χ2n) is 6.28. The highest BCUT2D eigenvalue weighted by Gasteiger charge is 2.11. The van der Waals surface area contributed by atoms with Crippen LogP contribution < -0.4 is 11.1 Å². The van der Waals surface area contributed by atoms with Crippen molar-refractivity contribution in [1.82, 2.24) is 29.5 Å². The molecule has 3 aromatic heterocycles. The molecule has 146 valence electrons. The summed E-state index contributed by atoms with van der Waals surface area (Å²) in [6.45, 7) is 0.340. The first-order valence-corrected chi connectivity index (χ1v) is 8.74. The monoisotopic (exact) mass is 392 g/mol. The lowest BCUT2D eigenvalue weighted by Gasteiger charge is -2.09. The van der Waals surface area contributed by atoms with E-state index in [1.54, 1.807) is 53.7 Å². The lowest BCUT2D eigenvalue weighted by Crippen LogP contribution is -2.21. The molecule has 9 nitrogen and oxygen atoms in total. The summed E-state index contributed by atoms with van der Waals surface area (Å²) in [6, 6.07) is 9.62. The van der Waals surface area contributed by atoms with Crippen molar-refractivity contribution in [3.8, 4) is 11.3 Å². The Balaban J connectivity index is 1.41. The summed E-state index contributed by atoms with van der Waals surface area (Å²) in [5, 5.41) is 11.2. The molecule has 3 heterocycles. The van der Waals surface area contributed by atoms with Crippen LogP contribution in [0.15, 0.2) is 61.2 Å². The Kier molecular flexibility index (Phi) is 4.97. The zero-order chi connectivity index (χ0) is 20.2. The first-order valence-electron chi connectivity index (χ1n) is 8.74. The fourth-order valence-electron chi connectivity index (χ4n) is 2.82. The van der Waals surface area contributed by atoms with Crippen LogP contribution in [0, 0.1) is 5.82 Å². The van der Waals surface area contributed by atoms with E-state index < -0.39 is 0 Å². The largest absolute Gasteiger partial charge is 0.368 e. The molecule has 0 fully saturated rings. The van der Waals surface area contributed by atoms with E-state index in [-0.39, 0.29) is 24.2 Å². The summed E-state index contributed by atoms with van der Waals surface area (Å²) < 4.78 is 16.5. The van der Waals surface area contributed by atoms with Crippen molar-refractivity contribution in [2.45, 2.75) is 13.1 Å². The van der Waals surface area contributed by atoms with Gasteiger partial charge in [-0.1, -0.05) is 12.1 Å². The van der Waals surface area contributed by atoms with E-state index in [1.807, 2.05) is 0 Å². The Morgan fingerprint density at radius 3 is 2.90 bits per heavy atom. The quantitative estimate of drug-likeness (QED) is 0.518. The molecule has 0 atom stereocenters. The Bertz CT molecular complexity index is 1150. The second-order valence-corrected chi connectivity index (χ2v) is 6.28. The van der Waals surface area contributed by atoms with Crippen molar-refractivity contribution in [1.29, 1.82) is 0 Å². The Labute approximate surface area is 165 Å². The van der Waals surface area contributed by atoms with Crippen molar-refractivity contribution < 1.29 is 9.18 Å². The maximum absolute atomic E-state index is 13.4. The van der Waals surface area contributed by atoms with Crippen LogP contribution in [0.3, 0.4) is 0 Å². The van der Waals surface area contributed by atoms with Gasteiger partial charge in [0.05, 0.1) is 24.6 Å². The molecule has 1 aromatic carbocycles. The van der Waals surface area contributed by atoms with E-state index in [9.17, 15) is 9.18 Å². The van der Waals surface area contributed by atoms with Gasteiger partial charge >= 0.3 is 0 Å². The fraction of sp³-hybridized carbons (Fsp3) is 0.105. The number of carbonyl (C=O) groups excluding carboxylic acids is 1. The highest BCUT2D eigenvalue weighted by molar-refractivity contribution is 5.89. The highest BCUT2D eigenvalue weighted by atomic mass is 19.1. The number of aromatic nitrogens is 6. The normalized spacial score (nSPS) is 10.8. The number of nitrogens with one attached hydrogen (secondary N) is 1. The number of carbonyl (C=O) groups is 1. The lowest BCUT2D eigenvalue weighted by molar-refractivity contribution is -0.116. The summed E-state index contributed by atoms with van der Waals surface area (Å²) in [5.74, 6) is 0.0813. The van der Waals surface area contributed by atoms with Crippen molar-refractivity contribution in [2.24, 2.45) is 0 Å². The van der Waals surface area contributed by atoms with Crippen LogP contribution >= 0.6 is 0 Å². The molecule has 4 rings (SSSR count). The third-order valence-corrected chi connectivity index (χ3v) is 4.11. The molecule has 0 aliphatic carbocycles. The van der Waals surface area contributed by atoms with Crippen molar-refractivity contribution in [2.75, 3.05) is 11.1 Å². The van der Waals surface area contributed by atoms with Gasteiger partial charge in [0.2, 0.25) is 11.9 Å². The number of halogens is 1. The highest BCUT2D eigenvalue weighted by Crippen LogP contribution is 2.16. The molecule has 0 bridgehead atoms. The molecule has 0 spiro atoms. The number of amides is 1. The Hall–Kier alpha value is -4.08. The van der Waals surface area contributed by atoms with Crippen LogP contribution in [0.2, 0.25) is 0 Å². The van der Waals surface area contributed by atoms with Crippen molar-refractivity contribution in [3.05, 3.63) is 72.6 Å². The first kappa shape index (κ1) is 18.3. The van der Waals surface area contributed by atoms with Gasteiger partial charge in [0.1, 0.15) is 18.2 Å². The third kappa shape index (κ3) is 4.43. The average Bonchev–Trinajstić information content (AvgIpc) is 3.32. The maximum atomic E-state index is 13.4. The van der Waals surface area contributed by atoms with Crippen LogP contribution in [-0.2, 0) is 17.9 Å². The topological polar surface area (TPSA) is 117 Å². The number of rotatable bonds is 6. The van der Waals surface area contributed by atoms with Gasteiger partial charge in [-0.2, -0.15) is 10.2 Å². The van der Waals surface area contributed by atoms with Gasteiger partial charge < -0.3 is 11.1 Å². The summed E-state index contributed by atoms with van der Waals surface area (Å²) in [5.41, 5.74) is 7.68. The minimum Gasteiger partial charge on any atom is -0.368 e. The molecule has 0 saturated carbocycles. The molecular formula is C19H17FN8O. The number of hydrogen-bond acceptors (Lipinski definition) is 6. The second kappa shape index (κ2) is 7.89. The van der Waals surface area contributed by atoms with Gasteiger partial charge in [-0.05, 0) is 23.8 Å². The van der Waals surface area contributed by atoms with Crippen LogP contribution in [-0.4, -0.2) is 35.4 Å². The zero-order valence-electron chi connectivity index (χ0n) is 15.2. The van der Waals surface area contributed by atoms with Gasteiger partial charge in [0.25, 0.3) is 0 Å². The average molecular weight is 392 g/mol. The summed E-state index contributed by atoms with van der Waals surface area (Å²) >= 11 is 0. The Morgan fingerprint density at radius 1 is 1.17 bits per heavy atom. The van der Waals surface area contributed by atoms with E-state index >= 15 is 0 Å². The fourth-order valence-corrected chi connectivity index (χ4v) is 2.82. The molecule has 0 aliphatic rings. The summed E-state index contributed by atoms with van der Waals surface area (Å²) in [7, 11) is 0. The number of benzene rings is 1. The van der Waals surface area contributed by atoms with Crippen molar-refractivity contribution in [3.63, 3.8) is 0 Å². The maximum Gasteiger partial charge on any atom is 0.247 e. The van der Waals surface area contributed by atoms with E-state index in [4.69, 9.17) is 5.73 Å². The predicted molar refractivity (Wildman–Crippen MR) is 104 cm³/mol. The zero-order valence-corrected chi connectivity index (χ0v) is 15.2. The minimum atomic E-state index is -0.319. The van der Waals surface area contributed by atoms with Gasteiger partial charge in [0.15, 0.2) is 0 Å². The molecule has 3 N–H and O–H groups in total. The minimum absolute atomic E-state index is 0.00567. The van der Waals surface area contributed by atoms with Crippen LogP contribution in [0.4, 0.5) is 16.2 Å². The lowest BCUT2D eigenvalue weighted by atomic mass is 10.2. The standard InChI is InChI=1S/C19H17FN8O/c20-15-3-1-2-13(8-15)10-28-17(5-7-23-28)26-18(29)12-27-11-14(9-24-27)16-4-6-22-19(21)25-16/h1-9,11H,10,12H2,(H,26,29)(H2,21,22,25). The number of anilines is 2. The summed E-state index contributed by atoms with van der Waals surface area (Å²) in [6.07, 6.45) is 6.43. The number of nitrogens with two attached hydrogens (primary N) is 1. The van der Waals surface area contributed by atoms with Gasteiger partial charge in [-0.25, -0.2) is 19.0 Å². The molecular weight excluding hydrogens is 375 g/mol. The first-order chi connectivity index (χ1) is 14.1. The smallest absolute Gasteiger partial charge is 0.247 e. The summed E-state index contributed by atoms with van der Waals surface area (Å²) in [4.78, 5) is 20.4. The van der Waals surface area contributed by atoms with Gasteiger partial charge in [-0.15, -0.1) is 0 Å². The molecule has 4 aromatic rings. The van der Waals surface area contributed by atoms with Gasteiger partial charge in [-0.3, -0.25) is 9.48 Å². The number of nitrogen functional groups attached to an aromatic ring is 1.